The van der Waals surface area contributed by atoms with Crippen LogP contribution in [-0.4, -0.2) is 28.8 Å². The molecule has 1 aromatic rings. The topological polar surface area (TPSA) is 75.4 Å². The van der Waals surface area contributed by atoms with E-state index in [-0.39, 0.29) is 24.5 Å². The Kier molecular flexibility index (Phi) is 5.34. The Morgan fingerprint density at radius 2 is 2.11 bits per heavy atom. The summed E-state index contributed by atoms with van der Waals surface area (Å²) in [5, 5.41) is 15.7. The van der Waals surface area contributed by atoms with Crippen LogP contribution in [0, 0.1) is 19.8 Å². The smallest absolute Gasteiger partial charge is 0.220 e. The number of aromatic nitrogens is 1. The number of aliphatic hydroxyl groups is 1. The van der Waals surface area contributed by atoms with Crippen LogP contribution in [0.25, 0.3) is 0 Å². The zero-order valence-electron chi connectivity index (χ0n) is 11.5. The van der Waals surface area contributed by atoms with Crippen molar-refractivity contribution in [1.29, 1.82) is 0 Å². The highest BCUT2D eigenvalue weighted by Gasteiger charge is 2.15. The van der Waals surface area contributed by atoms with Crippen LogP contribution in [0.4, 0.5) is 0 Å². The molecular weight excluding hydrogens is 232 g/mol. The summed E-state index contributed by atoms with van der Waals surface area (Å²) in [5.41, 5.74) is 1.85. The predicted molar refractivity (Wildman–Crippen MR) is 68.2 cm³/mol. The number of aryl methyl sites for hydroxylation is 2. The van der Waals surface area contributed by atoms with Crippen LogP contribution >= 0.6 is 0 Å². The first kappa shape index (κ1) is 14.7. The second-order valence-corrected chi connectivity index (χ2v) is 4.82. The number of hydrogen-bond acceptors (Lipinski definition) is 4. The van der Waals surface area contributed by atoms with Crippen LogP contribution < -0.4 is 5.32 Å². The number of nitrogens with one attached hydrogen (secondary N) is 1. The molecule has 5 nitrogen and oxygen atoms in total. The molecule has 0 radical (unpaired) electrons. The maximum Gasteiger partial charge on any atom is 0.220 e. The maximum atomic E-state index is 11.7. The molecule has 102 valence electrons. The second kappa shape index (κ2) is 6.54. The van der Waals surface area contributed by atoms with Crippen LogP contribution in [0.2, 0.25) is 0 Å². The van der Waals surface area contributed by atoms with Crippen molar-refractivity contribution in [1.82, 2.24) is 10.5 Å². The fourth-order valence-electron chi connectivity index (χ4n) is 1.72. The van der Waals surface area contributed by atoms with Crippen molar-refractivity contribution >= 4 is 5.91 Å². The van der Waals surface area contributed by atoms with Gasteiger partial charge in [0.25, 0.3) is 0 Å². The molecule has 0 spiro atoms. The summed E-state index contributed by atoms with van der Waals surface area (Å²) in [6, 6.07) is -0.0211. The molecule has 2 N–H and O–H groups in total. The van der Waals surface area contributed by atoms with Gasteiger partial charge in [0.1, 0.15) is 5.76 Å². The van der Waals surface area contributed by atoms with Crippen LogP contribution in [-0.2, 0) is 11.2 Å². The number of amides is 1. The zero-order valence-corrected chi connectivity index (χ0v) is 11.5. The summed E-state index contributed by atoms with van der Waals surface area (Å²) in [7, 11) is 0. The van der Waals surface area contributed by atoms with E-state index in [2.05, 4.69) is 10.5 Å². The third-order valence-electron chi connectivity index (χ3n) is 3.31. The molecule has 0 aromatic carbocycles. The molecule has 0 aliphatic rings. The van der Waals surface area contributed by atoms with E-state index in [9.17, 15) is 4.79 Å². The van der Waals surface area contributed by atoms with E-state index in [0.717, 1.165) is 17.0 Å². The monoisotopic (exact) mass is 254 g/mol. The Bertz CT molecular complexity index is 381. The van der Waals surface area contributed by atoms with Crippen molar-refractivity contribution in [3.05, 3.63) is 17.0 Å². The molecular formula is C13H22N2O3. The van der Waals surface area contributed by atoms with Crippen LogP contribution in [0.5, 0.6) is 0 Å². The fraction of sp³-hybridized carbons (Fsp3) is 0.692. The molecule has 18 heavy (non-hydrogen) atoms. The highest BCUT2D eigenvalue weighted by Crippen LogP contribution is 2.14. The van der Waals surface area contributed by atoms with E-state index in [1.807, 2.05) is 27.7 Å². The molecule has 0 saturated carbocycles. The summed E-state index contributed by atoms with van der Waals surface area (Å²) in [4.78, 5) is 11.7. The quantitative estimate of drug-likeness (QED) is 0.803. The minimum atomic E-state index is -0.0211. The number of rotatable bonds is 6. The van der Waals surface area contributed by atoms with E-state index in [0.29, 0.717) is 12.8 Å². The Hall–Kier alpha value is -1.36. The Morgan fingerprint density at radius 1 is 1.44 bits per heavy atom. The van der Waals surface area contributed by atoms with E-state index >= 15 is 0 Å². The molecule has 1 amide bonds. The molecule has 5 heteroatoms. The first-order chi connectivity index (χ1) is 8.45. The minimum absolute atomic E-state index is 0.0113. The molecule has 2 unspecified atom stereocenters. The normalized spacial score (nSPS) is 14.3. The van der Waals surface area contributed by atoms with E-state index in [1.165, 1.54) is 0 Å². The Morgan fingerprint density at radius 3 is 2.61 bits per heavy atom. The predicted octanol–water partition coefficient (Wildman–Crippen LogP) is 1.36. The third-order valence-corrected chi connectivity index (χ3v) is 3.31. The average Bonchev–Trinajstić information content (AvgIpc) is 2.65. The number of nitrogens with zero attached hydrogens (tertiary/aromatic N) is 1. The number of aliphatic hydroxyl groups excluding tert-OH is 1. The minimum Gasteiger partial charge on any atom is -0.396 e. The second-order valence-electron chi connectivity index (χ2n) is 4.82. The largest absolute Gasteiger partial charge is 0.396 e. The Labute approximate surface area is 108 Å². The summed E-state index contributed by atoms with van der Waals surface area (Å²) in [6.45, 7) is 7.60. The molecule has 2 atom stereocenters. The molecule has 0 bridgehead atoms. The first-order valence-corrected chi connectivity index (χ1v) is 6.27. The van der Waals surface area contributed by atoms with Crippen LogP contribution in [0.3, 0.4) is 0 Å². The molecule has 0 saturated heterocycles. The van der Waals surface area contributed by atoms with Crippen molar-refractivity contribution < 1.29 is 14.4 Å². The SMILES string of the molecule is Cc1noc(C)c1CCC(=O)NC(C)C(C)CO. The summed E-state index contributed by atoms with van der Waals surface area (Å²) < 4.78 is 5.05. The molecule has 0 aliphatic heterocycles. The van der Waals surface area contributed by atoms with Crippen LogP contribution in [0.1, 0.15) is 37.3 Å². The highest BCUT2D eigenvalue weighted by molar-refractivity contribution is 5.76. The zero-order chi connectivity index (χ0) is 13.7. The van der Waals surface area contributed by atoms with Crippen molar-refractivity contribution in [2.75, 3.05) is 6.61 Å². The van der Waals surface area contributed by atoms with Crippen molar-refractivity contribution in [2.45, 2.75) is 46.6 Å². The molecule has 1 rings (SSSR count). The molecule has 0 aliphatic carbocycles. The molecule has 0 fully saturated rings. The molecule has 1 heterocycles. The van der Waals surface area contributed by atoms with Gasteiger partial charge in [-0.25, -0.2) is 0 Å². The molecule has 1 aromatic heterocycles. The third kappa shape index (κ3) is 3.84. The van der Waals surface area contributed by atoms with Gasteiger partial charge in [0.15, 0.2) is 0 Å². The van der Waals surface area contributed by atoms with E-state index in [1.54, 1.807) is 0 Å². The number of carbonyl (C=O) groups is 1. The average molecular weight is 254 g/mol. The van der Waals surface area contributed by atoms with Crippen molar-refractivity contribution in [3.63, 3.8) is 0 Å². The van der Waals surface area contributed by atoms with Crippen LogP contribution in [0.15, 0.2) is 4.52 Å². The van der Waals surface area contributed by atoms with Gasteiger partial charge in [-0.15, -0.1) is 0 Å². The fourth-order valence-corrected chi connectivity index (χ4v) is 1.72. The lowest BCUT2D eigenvalue weighted by Gasteiger charge is -2.19. The first-order valence-electron chi connectivity index (χ1n) is 6.27. The maximum absolute atomic E-state index is 11.7. The lowest BCUT2D eigenvalue weighted by molar-refractivity contribution is -0.122. The van der Waals surface area contributed by atoms with Gasteiger partial charge >= 0.3 is 0 Å². The Balaban J connectivity index is 2.42. The summed E-state index contributed by atoms with van der Waals surface area (Å²) in [6.07, 6.45) is 1.04. The van der Waals surface area contributed by atoms with Gasteiger partial charge in [-0.1, -0.05) is 12.1 Å². The van der Waals surface area contributed by atoms with E-state index < -0.39 is 0 Å². The summed E-state index contributed by atoms with van der Waals surface area (Å²) >= 11 is 0. The van der Waals surface area contributed by atoms with Gasteiger partial charge in [-0.05, 0) is 33.1 Å². The van der Waals surface area contributed by atoms with Gasteiger partial charge in [0, 0.05) is 24.6 Å². The van der Waals surface area contributed by atoms with Crippen molar-refractivity contribution in [3.8, 4) is 0 Å². The van der Waals surface area contributed by atoms with Gasteiger partial charge in [-0.3, -0.25) is 4.79 Å². The van der Waals surface area contributed by atoms with Gasteiger partial charge in [0.2, 0.25) is 5.91 Å². The lowest BCUT2D eigenvalue weighted by atomic mass is 10.0. The standard InChI is InChI=1S/C13H22N2O3/c1-8(7-16)9(2)14-13(17)6-5-12-10(3)15-18-11(12)4/h8-9,16H,5-7H2,1-4H3,(H,14,17). The summed E-state index contributed by atoms with van der Waals surface area (Å²) in [5.74, 6) is 0.827. The van der Waals surface area contributed by atoms with Crippen molar-refractivity contribution in [2.24, 2.45) is 5.92 Å². The van der Waals surface area contributed by atoms with E-state index in [4.69, 9.17) is 9.63 Å². The highest BCUT2D eigenvalue weighted by atomic mass is 16.5. The lowest BCUT2D eigenvalue weighted by Crippen LogP contribution is -2.38. The number of hydrogen-bond donors (Lipinski definition) is 2. The van der Waals surface area contributed by atoms with Gasteiger partial charge < -0.3 is 14.9 Å². The van der Waals surface area contributed by atoms with Gasteiger partial charge in [0.05, 0.1) is 5.69 Å². The number of carbonyl (C=O) groups excluding carboxylic acids is 1. The van der Waals surface area contributed by atoms with Gasteiger partial charge in [-0.2, -0.15) is 0 Å².